The lowest BCUT2D eigenvalue weighted by Gasteiger charge is -2.09. The molecule has 1 aromatic rings. The molecular weight excluding hydrogens is 216 g/mol. The van der Waals surface area contributed by atoms with Crippen molar-refractivity contribution in [2.75, 3.05) is 6.26 Å². The molecule has 1 aromatic carbocycles. The molecule has 0 saturated carbocycles. The summed E-state index contributed by atoms with van der Waals surface area (Å²) in [6, 6.07) is 7.66. The van der Waals surface area contributed by atoms with Gasteiger partial charge in [-0.15, -0.1) is 0 Å². The van der Waals surface area contributed by atoms with Crippen molar-refractivity contribution >= 4 is 28.5 Å². The van der Waals surface area contributed by atoms with Crippen LogP contribution in [0, 0.1) is 0 Å². The first-order valence-corrected chi connectivity index (χ1v) is 6.06. The minimum Gasteiger partial charge on any atom is -0.287 e. The predicted octanol–water partition coefficient (Wildman–Crippen LogP) is 3.72. The second-order valence-corrected chi connectivity index (χ2v) is 4.53. The van der Waals surface area contributed by atoms with E-state index in [1.807, 2.05) is 30.5 Å². The maximum absolute atomic E-state index is 11.2. The molecule has 0 bridgehead atoms. The fourth-order valence-corrected chi connectivity index (χ4v) is 1.79. The van der Waals surface area contributed by atoms with E-state index in [1.54, 1.807) is 0 Å². The summed E-state index contributed by atoms with van der Waals surface area (Å²) in [7, 11) is 0. The van der Waals surface area contributed by atoms with Crippen LogP contribution in [0.25, 0.3) is 0 Å². The normalized spacial score (nSPS) is 12.5. The summed E-state index contributed by atoms with van der Waals surface area (Å²) in [5.74, 6) is 0.271. The van der Waals surface area contributed by atoms with Crippen LogP contribution >= 0.6 is 23.4 Å². The molecule has 0 spiro atoms. The summed E-state index contributed by atoms with van der Waals surface area (Å²) in [5, 5.41) is 0.963. The lowest BCUT2D eigenvalue weighted by atomic mass is 9.99. The van der Waals surface area contributed by atoms with Gasteiger partial charge in [-0.2, -0.15) is 0 Å². The fraction of sp³-hybridized carbons (Fsp3) is 0.364. The van der Waals surface area contributed by atoms with Crippen LogP contribution in [-0.2, 0) is 4.79 Å². The van der Waals surface area contributed by atoms with Crippen LogP contribution in [0.5, 0.6) is 0 Å². The van der Waals surface area contributed by atoms with Gasteiger partial charge in [0.1, 0.15) is 0 Å². The molecule has 1 nitrogen and oxygen atoms in total. The number of thioether (sulfide) groups is 1. The van der Waals surface area contributed by atoms with Crippen LogP contribution in [0.2, 0.25) is 5.02 Å². The Morgan fingerprint density at radius 3 is 2.50 bits per heavy atom. The maximum atomic E-state index is 11.2. The first kappa shape index (κ1) is 11.6. The van der Waals surface area contributed by atoms with E-state index < -0.39 is 0 Å². The minimum absolute atomic E-state index is 0.229. The van der Waals surface area contributed by atoms with Crippen molar-refractivity contribution in [1.29, 1.82) is 0 Å². The Balaban J connectivity index is 2.65. The van der Waals surface area contributed by atoms with E-state index in [4.69, 9.17) is 11.6 Å². The van der Waals surface area contributed by atoms with Crippen molar-refractivity contribution in [2.45, 2.75) is 19.3 Å². The van der Waals surface area contributed by atoms with Crippen LogP contribution in [0.1, 0.15) is 24.8 Å². The largest absolute Gasteiger partial charge is 0.287 e. The van der Waals surface area contributed by atoms with E-state index >= 15 is 0 Å². The van der Waals surface area contributed by atoms with Crippen LogP contribution in [0.3, 0.4) is 0 Å². The molecule has 0 radical (unpaired) electrons. The van der Waals surface area contributed by atoms with Gasteiger partial charge in [0.05, 0.1) is 0 Å². The van der Waals surface area contributed by atoms with E-state index in [9.17, 15) is 4.79 Å². The van der Waals surface area contributed by atoms with Gasteiger partial charge in [0.2, 0.25) is 0 Å². The first-order chi connectivity index (χ1) is 6.63. The smallest absolute Gasteiger partial charge is 0.189 e. The monoisotopic (exact) mass is 228 g/mol. The van der Waals surface area contributed by atoms with E-state index in [0.717, 1.165) is 10.6 Å². The van der Waals surface area contributed by atoms with E-state index in [0.29, 0.717) is 6.42 Å². The van der Waals surface area contributed by atoms with Crippen LogP contribution in [0.4, 0.5) is 0 Å². The van der Waals surface area contributed by atoms with Gasteiger partial charge in [-0.05, 0) is 29.9 Å². The summed E-state index contributed by atoms with van der Waals surface area (Å²) in [6.45, 7) is 2.05. The SMILES string of the molecule is CSC(=O)C[C@H](C)c1ccc(Cl)cc1. The highest BCUT2D eigenvalue weighted by molar-refractivity contribution is 8.13. The molecule has 0 saturated heterocycles. The van der Waals surface area contributed by atoms with Crippen LogP contribution in [-0.4, -0.2) is 11.4 Å². The highest BCUT2D eigenvalue weighted by Gasteiger charge is 2.09. The van der Waals surface area contributed by atoms with Crippen molar-refractivity contribution in [3.8, 4) is 0 Å². The van der Waals surface area contributed by atoms with Gasteiger partial charge in [-0.25, -0.2) is 0 Å². The summed E-state index contributed by atoms with van der Waals surface area (Å²) in [6.07, 6.45) is 2.40. The van der Waals surface area contributed by atoms with Gasteiger partial charge in [-0.1, -0.05) is 42.4 Å². The Kier molecular flexibility index (Phi) is 4.49. The average Bonchev–Trinajstić information content (AvgIpc) is 2.18. The van der Waals surface area contributed by atoms with Crippen LogP contribution < -0.4 is 0 Å². The third-order valence-corrected chi connectivity index (χ3v) is 3.01. The molecule has 3 heteroatoms. The van der Waals surface area contributed by atoms with Gasteiger partial charge in [0.15, 0.2) is 5.12 Å². The number of carbonyl (C=O) groups excluding carboxylic acids is 1. The zero-order valence-corrected chi connectivity index (χ0v) is 9.86. The molecule has 0 fully saturated rings. The van der Waals surface area contributed by atoms with E-state index in [-0.39, 0.29) is 11.0 Å². The number of hydrogen-bond acceptors (Lipinski definition) is 2. The summed E-state index contributed by atoms with van der Waals surface area (Å²) >= 11 is 7.06. The quantitative estimate of drug-likeness (QED) is 0.785. The van der Waals surface area contributed by atoms with Crippen molar-refractivity contribution < 1.29 is 4.79 Å². The molecule has 0 aliphatic heterocycles. The fourth-order valence-electron chi connectivity index (χ4n) is 1.24. The average molecular weight is 229 g/mol. The zero-order valence-electron chi connectivity index (χ0n) is 8.29. The second kappa shape index (κ2) is 5.42. The maximum Gasteiger partial charge on any atom is 0.189 e. The molecule has 1 rings (SSSR count). The third kappa shape index (κ3) is 3.35. The summed E-state index contributed by atoms with van der Waals surface area (Å²) in [5.41, 5.74) is 1.16. The molecule has 0 aliphatic rings. The highest BCUT2D eigenvalue weighted by Crippen LogP contribution is 2.22. The number of benzene rings is 1. The zero-order chi connectivity index (χ0) is 10.6. The van der Waals surface area contributed by atoms with Gasteiger partial charge < -0.3 is 0 Å². The van der Waals surface area contributed by atoms with Gasteiger partial charge in [0, 0.05) is 11.4 Å². The molecule has 0 aliphatic carbocycles. The van der Waals surface area contributed by atoms with Crippen molar-refractivity contribution in [3.05, 3.63) is 34.9 Å². The Labute approximate surface area is 93.8 Å². The second-order valence-electron chi connectivity index (χ2n) is 3.23. The molecule has 0 aromatic heterocycles. The molecule has 0 unspecified atom stereocenters. The number of halogens is 1. The topological polar surface area (TPSA) is 17.1 Å². The van der Waals surface area contributed by atoms with Gasteiger partial charge in [-0.3, -0.25) is 4.79 Å². The van der Waals surface area contributed by atoms with Gasteiger partial charge >= 0.3 is 0 Å². The number of carbonyl (C=O) groups is 1. The third-order valence-electron chi connectivity index (χ3n) is 2.14. The number of hydrogen-bond donors (Lipinski definition) is 0. The van der Waals surface area contributed by atoms with Crippen LogP contribution in [0.15, 0.2) is 24.3 Å². The Hall–Kier alpha value is -0.470. The molecule has 14 heavy (non-hydrogen) atoms. The first-order valence-electron chi connectivity index (χ1n) is 4.45. The molecule has 0 heterocycles. The predicted molar refractivity (Wildman–Crippen MR) is 63.0 cm³/mol. The Morgan fingerprint density at radius 1 is 1.43 bits per heavy atom. The lowest BCUT2D eigenvalue weighted by molar-refractivity contribution is -0.111. The summed E-state index contributed by atoms with van der Waals surface area (Å²) in [4.78, 5) is 11.2. The molecule has 76 valence electrons. The Bertz CT molecular complexity index is 308. The van der Waals surface area contributed by atoms with E-state index in [1.165, 1.54) is 11.8 Å². The molecule has 0 N–H and O–H groups in total. The van der Waals surface area contributed by atoms with Crippen molar-refractivity contribution in [1.82, 2.24) is 0 Å². The van der Waals surface area contributed by atoms with Crippen molar-refractivity contribution in [2.24, 2.45) is 0 Å². The standard InChI is InChI=1S/C11H13ClOS/c1-8(7-11(13)14-2)9-3-5-10(12)6-4-9/h3-6,8H,7H2,1-2H3/t8-/m0/s1. The minimum atomic E-state index is 0.229. The summed E-state index contributed by atoms with van der Waals surface area (Å²) < 4.78 is 0. The number of rotatable bonds is 3. The van der Waals surface area contributed by atoms with Crippen molar-refractivity contribution in [3.63, 3.8) is 0 Å². The lowest BCUT2D eigenvalue weighted by Crippen LogP contribution is -1.99. The molecule has 1 atom stereocenters. The van der Waals surface area contributed by atoms with E-state index in [2.05, 4.69) is 6.92 Å². The molecular formula is C11H13ClOS. The highest BCUT2D eigenvalue weighted by atomic mass is 35.5. The molecule has 0 amide bonds. The van der Waals surface area contributed by atoms with Gasteiger partial charge in [0.25, 0.3) is 0 Å². The Morgan fingerprint density at radius 2 is 2.00 bits per heavy atom.